The Morgan fingerprint density at radius 3 is 2.27 bits per heavy atom. The average molecular weight is 300 g/mol. The molecule has 1 aromatic rings. The van der Waals surface area contributed by atoms with Gasteiger partial charge in [-0.3, -0.25) is 9.69 Å². The number of hydrogen-bond acceptors (Lipinski definition) is 2. The van der Waals surface area contributed by atoms with E-state index in [-0.39, 0.29) is 0 Å². The molecule has 22 heavy (non-hydrogen) atoms. The van der Waals surface area contributed by atoms with Crippen LogP contribution in [0.25, 0.3) is 0 Å². The Hall–Kier alpha value is -1.35. The predicted molar refractivity (Wildman–Crippen MR) is 89.6 cm³/mol. The molecule has 120 valence electrons. The summed E-state index contributed by atoms with van der Waals surface area (Å²) >= 11 is 0. The van der Waals surface area contributed by atoms with Crippen molar-refractivity contribution < 1.29 is 4.79 Å². The third kappa shape index (κ3) is 3.52. The van der Waals surface area contributed by atoms with Crippen LogP contribution in [0.1, 0.15) is 50.6 Å². The van der Waals surface area contributed by atoms with Gasteiger partial charge in [-0.1, -0.05) is 49.6 Å². The third-order valence-corrected chi connectivity index (χ3v) is 5.41. The molecule has 1 saturated carbocycles. The largest absolute Gasteiger partial charge is 0.340 e. The maximum Gasteiger partial charge on any atom is 0.225 e. The molecule has 0 aromatic heterocycles. The van der Waals surface area contributed by atoms with Crippen LogP contribution in [-0.4, -0.2) is 41.9 Å². The van der Waals surface area contributed by atoms with E-state index in [4.69, 9.17) is 0 Å². The SMILES string of the molecule is CC(c1ccccc1)N1CCN(C(=O)C2CCCCC2)CC1. The van der Waals surface area contributed by atoms with E-state index < -0.39 is 0 Å². The van der Waals surface area contributed by atoms with E-state index in [1.54, 1.807) is 0 Å². The van der Waals surface area contributed by atoms with Gasteiger partial charge >= 0.3 is 0 Å². The Labute approximate surface area is 134 Å². The summed E-state index contributed by atoms with van der Waals surface area (Å²) < 4.78 is 0. The summed E-state index contributed by atoms with van der Waals surface area (Å²) in [5, 5.41) is 0. The Morgan fingerprint density at radius 1 is 1.00 bits per heavy atom. The molecule has 1 aliphatic heterocycles. The molecule has 1 aromatic carbocycles. The third-order valence-electron chi connectivity index (χ3n) is 5.41. The second-order valence-electron chi connectivity index (χ2n) is 6.78. The fourth-order valence-corrected chi connectivity index (χ4v) is 3.88. The topological polar surface area (TPSA) is 23.6 Å². The molecule has 3 nitrogen and oxygen atoms in total. The van der Waals surface area contributed by atoms with Crippen molar-refractivity contribution in [2.24, 2.45) is 5.92 Å². The number of nitrogens with zero attached hydrogens (tertiary/aromatic N) is 2. The quantitative estimate of drug-likeness (QED) is 0.853. The number of amides is 1. The molecule has 0 spiro atoms. The summed E-state index contributed by atoms with van der Waals surface area (Å²) in [7, 11) is 0. The number of carbonyl (C=O) groups is 1. The lowest BCUT2D eigenvalue weighted by atomic mass is 9.88. The molecular formula is C19H28N2O. The number of benzene rings is 1. The van der Waals surface area contributed by atoms with E-state index in [1.165, 1.54) is 24.8 Å². The van der Waals surface area contributed by atoms with Crippen LogP contribution in [0.5, 0.6) is 0 Å². The Balaban J connectivity index is 1.52. The van der Waals surface area contributed by atoms with E-state index >= 15 is 0 Å². The first-order chi connectivity index (χ1) is 10.8. The minimum atomic E-state index is 0.312. The van der Waals surface area contributed by atoms with Gasteiger partial charge in [-0.15, -0.1) is 0 Å². The minimum absolute atomic E-state index is 0.312. The van der Waals surface area contributed by atoms with E-state index in [1.807, 2.05) is 0 Å². The highest BCUT2D eigenvalue weighted by Crippen LogP contribution is 2.27. The Kier molecular flexibility index (Phi) is 5.14. The molecule has 0 bridgehead atoms. The molecule has 1 saturated heterocycles. The Morgan fingerprint density at radius 2 is 1.64 bits per heavy atom. The minimum Gasteiger partial charge on any atom is -0.340 e. The maximum atomic E-state index is 12.6. The molecule has 2 aliphatic rings. The lowest BCUT2D eigenvalue weighted by Gasteiger charge is -2.39. The summed E-state index contributed by atoms with van der Waals surface area (Å²) in [6, 6.07) is 11.1. The van der Waals surface area contributed by atoms with Crippen molar-refractivity contribution in [2.45, 2.75) is 45.1 Å². The van der Waals surface area contributed by atoms with Gasteiger partial charge < -0.3 is 4.90 Å². The van der Waals surface area contributed by atoms with Gasteiger partial charge in [-0.2, -0.15) is 0 Å². The molecule has 1 atom stereocenters. The van der Waals surface area contributed by atoms with Crippen LogP contribution in [0.2, 0.25) is 0 Å². The summed E-state index contributed by atoms with van der Waals surface area (Å²) in [6.45, 7) is 6.05. The molecule has 1 unspecified atom stereocenters. The second-order valence-corrected chi connectivity index (χ2v) is 6.78. The van der Waals surface area contributed by atoms with Gasteiger partial charge in [0.2, 0.25) is 5.91 Å². The van der Waals surface area contributed by atoms with Crippen molar-refractivity contribution in [2.75, 3.05) is 26.2 Å². The fourth-order valence-electron chi connectivity index (χ4n) is 3.88. The first-order valence-electron chi connectivity index (χ1n) is 8.83. The van der Waals surface area contributed by atoms with Crippen LogP contribution < -0.4 is 0 Å². The number of piperazine rings is 1. The smallest absolute Gasteiger partial charge is 0.225 e. The second kappa shape index (κ2) is 7.28. The lowest BCUT2D eigenvalue weighted by Crippen LogP contribution is -2.51. The van der Waals surface area contributed by atoms with Crippen LogP contribution in [0.3, 0.4) is 0 Å². The normalized spacial score (nSPS) is 22.5. The van der Waals surface area contributed by atoms with Gasteiger partial charge in [0.1, 0.15) is 0 Å². The van der Waals surface area contributed by atoms with E-state index in [0.717, 1.165) is 39.0 Å². The number of hydrogen-bond donors (Lipinski definition) is 0. The zero-order valence-corrected chi connectivity index (χ0v) is 13.7. The van der Waals surface area contributed by atoms with E-state index in [9.17, 15) is 4.79 Å². The van der Waals surface area contributed by atoms with Gasteiger partial charge in [-0.25, -0.2) is 0 Å². The van der Waals surface area contributed by atoms with Crippen molar-refractivity contribution >= 4 is 5.91 Å². The van der Waals surface area contributed by atoms with Gasteiger partial charge in [-0.05, 0) is 25.3 Å². The van der Waals surface area contributed by atoms with Crippen LogP contribution in [-0.2, 0) is 4.79 Å². The van der Waals surface area contributed by atoms with Crippen molar-refractivity contribution in [3.63, 3.8) is 0 Å². The van der Waals surface area contributed by atoms with E-state index in [2.05, 4.69) is 47.1 Å². The first kappa shape index (κ1) is 15.5. The van der Waals surface area contributed by atoms with Crippen molar-refractivity contribution in [3.8, 4) is 0 Å². The molecule has 3 heteroatoms. The standard InChI is InChI=1S/C19H28N2O/c1-16(17-8-4-2-5-9-17)20-12-14-21(15-13-20)19(22)18-10-6-3-7-11-18/h2,4-5,8-9,16,18H,3,6-7,10-15H2,1H3. The van der Waals surface area contributed by atoms with Crippen LogP contribution in [0.15, 0.2) is 30.3 Å². The summed E-state index contributed by atoms with van der Waals surface area (Å²) in [6.07, 6.45) is 6.01. The van der Waals surface area contributed by atoms with Crippen LogP contribution >= 0.6 is 0 Å². The van der Waals surface area contributed by atoms with Crippen LogP contribution in [0.4, 0.5) is 0 Å². The highest BCUT2D eigenvalue weighted by molar-refractivity contribution is 5.79. The van der Waals surface area contributed by atoms with Gasteiger partial charge in [0.05, 0.1) is 0 Å². The monoisotopic (exact) mass is 300 g/mol. The van der Waals surface area contributed by atoms with Crippen molar-refractivity contribution in [1.82, 2.24) is 9.80 Å². The highest BCUT2D eigenvalue weighted by atomic mass is 16.2. The molecule has 0 N–H and O–H groups in total. The average Bonchev–Trinajstić information content (AvgIpc) is 2.62. The summed E-state index contributed by atoms with van der Waals surface area (Å²) in [5.41, 5.74) is 1.37. The zero-order chi connectivity index (χ0) is 15.4. The van der Waals surface area contributed by atoms with Crippen LogP contribution in [0, 0.1) is 5.92 Å². The highest BCUT2D eigenvalue weighted by Gasteiger charge is 2.29. The molecular weight excluding hydrogens is 272 g/mol. The summed E-state index contributed by atoms with van der Waals surface area (Å²) in [5.74, 6) is 0.735. The van der Waals surface area contributed by atoms with Crippen molar-refractivity contribution in [3.05, 3.63) is 35.9 Å². The molecule has 3 rings (SSSR count). The van der Waals surface area contributed by atoms with Gasteiger partial charge in [0.15, 0.2) is 0 Å². The summed E-state index contributed by atoms with van der Waals surface area (Å²) in [4.78, 5) is 17.2. The van der Waals surface area contributed by atoms with Gasteiger partial charge in [0.25, 0.3) is 0 Å². The van der Waals surface area contributed by atoms with Gasteiger partial charge in [0, 0.05) is 38.1 Å². The Bertz CT molecular complexity index is 473. The van der Waals surface area contributed by atoms with E-state index in [0.29, 0.717) is 17.9 Å². The predicted octanol–water partition coefficient (Wildman–Crippen LogP) is 3.47. The molecule has 2 fully saturated rings. The first-order valence-corrected chi connectivity index (χ1v) is 8.83. The molecule has 1 heterocycles. The molecule has 0 radical (unpaired) electrons. The maximum absolute atomic E-state index is 12.6. The number of carbonyl (C=O) groups excluding carboxylic acids is 1. The zero-order valence-electron chi connectivity index (χ0n) is 13.7. The molecule has 1 amide bonds. The lowest BCUT2D eigenvalue weighted by molar-refractivity contribution is -0.138. The molecule has 1 aliphatic carbocycles. The fraction of sp³-hybridized carbons (Fsp3) is 0.632. The van der Waals surface area contributed by atoms with Crippen molar-refractivity contribution in [1.29, 1.82) is 0 Å². The number of rotatable bonds is 3.